The first-order chi connectivity index (χ1) is 13.3. The zero-order valence-corrected chi connectivity index (χ0v) is 16.7. The first-order valence-electron chi connectivity index (χ1n) is 8.62. The fourth-order valence-electron chi connectivity index (χ4n) is 2.54. The lowest BCUT2D eigenvalue weighted by Gasteiger charge is -2.22. The van der Waals surface area contributed by atoms with Gasteiger partial charge in [-0.25, -0.2) is 4.39 Å². The number of likely N-dealkylation sites (N-methyl/N-ethyl adjacent to an activating group) is 1. The van der Waals surface area contributed by atoms with E-state index in [4.69, 9.17) is 16.3 Å². The van der Waals surface area contributed by atoms with Gasteiger partial charge >= 0.3 is 0 Å². The van der Waals surface area contributed by atoms with E-state index in [0.717, 1.165) is 11.3 Å². The van der Waals surface area contributed by atoms with Crippen LogP contribution in [0.2, 0.25) is 5.02 Å². The molecule has 1 atom stereocenters. The Balaban J connectivity index is 1.93. The molecular weight excluding hydrogens is 383 g/mol. The number of carbonyl (C=O) groups is 2. The number of ether oxygens (including phenoxy) is 1. The maximum Gasteiger partial charge on any atom is 0.244 e. The number of carbonyl (C=O) groups excluding carboxylic acids is 2. The number of halogens is 2. The van der Waals surface area contributed by atoms with Crippen LogP contribution in [0.3, 0.4) is 0 Å². The lowest BCUT2D eigenvalue weighted by atomic mass is 10.2. The third-order valence-corrected chi connectivity index (χ3v) is 4.46. The van der Waals surface area contributed by atoms with E-state index in [0.29, 0.717) is 0 Å². The zero-order chi connectivity index (χ0) is 20.7. The molecule has 148 valence electrons. The molecule has 0 saturated carbocycles. The van der Waals surface area contributed by atoms with Gasteiger partial charge in [0.1, 0.15) is 17.6 Å². The van der Waals surface area contributed by atoms with E-state index < -0.39 is 17.8 Å². The molecule has 0 spiro atoms. The monoisotopic (exact) mass is 404 g/mol. The van der Waals surface area contributed by atoms with Gasteiger partial charge in [-0.2, -0.15) is 0 Å². The minimum atomic E-state index is -0.774. The Hall–Kier alpha value is -2.86. The summed E-state index contributed by atoms with van der Waals surface area (Å²) in [6.07, 6.45) is 2.98. The second kappa shape index (κ2) is 9.90. The predicted octanol–water partition coefficient (Wildman–Crippen LogP) is 3.66. The molecule has 0 heterocycles. The summed E-state index contributed by atoms with van der Waals surface area (Å²) in [6, 6.07) is 10.8. The molecule has 0 radical (unpaired) electrons. The van der Waals surface area contributed by atoms with Crippen LogP contribution in [-0.2, 0) is 16.1 Å². The van der Waals surface area contributed by atoms with Crippen molar-refractivity contribution in [2.24, 2.45) is 0 Å². The largest absolute Gasteiger partial charge is 0.497 e. The van der Waals surface area contributed by atoms with Gasteiger partial charge < -0.3 is 15.0 Å². The second-order valence-corrected chi connectivity index (χ2v) is 6.64. The average molecular weight is 405 g/mol. The highest BCUT2D eigenvalue weighted by molar-refractivity contribution is 6.31. The van der Waals surface area contributed by atoms with Crippen molar-refractivity contribution >= 4 is 29.5 Å². The molecule has 28 heavy (non-hydrogen) atoms. The molecule has 5 nitrogen and oxygen atoms in total. The summed E-state index contributed by atoms with van der Waals surface area (Å²) in [6.45, 7) is 1.58. The van der Waals surface area contributed by atoms with Crippen LogP contribution in [0.4, 0.5) is 4.39 Å². The normalized spacial score (nSPS) is 11.9. The lowest BCUT2D eigenvalue weighted by molar-refractivity contribution is -0.134. The van der Waals surface area contributed by atoms with Crippen LogP contribution < -0.4 is 10.1 Å². The van der Waals surface area contributed by atoms with Crippen LogP contribution in [0.15, 0.2) is 48.5 Å². The van der Waals surface area contributed by atoms with Crippen LogP contribution in [0.25, 0.3) is 6.08 Å². The third kappa shape index (κ3) is 5.82. The molecular formula is C21H22ClFN2O3. The topological polar surface area (TPSA) is 58.6 Å². The van der Waals surface area contributed by atoms with Gasteiger partial charge in [0.15, 0.2) is 0 Å². The number of nitrogens with zero attached hydrogens (tertiary/aromatic N) is 1. The first-order valence-corrected chi connectivity index (χ1v) is 9.00. The van der Waals surface area contributed by atoms with Gasteiger partial charge in [0.05, 0.1) is 7.11 Å². The fraction of sp³-hybridized carbons (Fsp3) is 0.238. The van der Waals surface area contributed by atoms with Crippen molar-refractivity contribution in [3.8, 4) is 5.75 Å². The minimum Gasteiger partial charge on any atom is -0.497 e. The number of rotatable bonds is 7. The Bertz CT molecular complexity index is 848. The molecule has 1 N–H and O–H groups in total. The van der Waals surface area contributed by atoms with Crippen LogP contribution in [-0.4, -0.2) is 36.9 Å². The van der Waals surface area contributed by atoms with E-state index >= 15 is 0 Å². The quantitative estimate of drug-likeness (QED) is 0.716. The van der Waals surface area contributed by atoms with Gasteiger partial charge in [-0.05, 0) is 42.8 Å². The smallest absolute Gasteiger partial charge is 0.244 e. The van der Waals surface area contributed by atoms with E-state index in [-0.39, 0.29) is 23.0 Å². The van der Waals surface area contributed by atoms with E-state index in [2.05, 4.69) is 5.32 Å². The third-order valence-electron chi connectivity index (χ3n) is 4.11. The van der Waals surface area contributed by atoms with Crippen molar-refractivity contribution in [1.82, 2.24) is 10.2 Å². The maximum atomic E-state index is 13.9. The molecule has 2 aromatic rings. The Kier molecular flexibility index (Phi) is 7.58. The predicted molar refractivity (Wildman–Crippen MR) is 108 cm³/mol. The second-order valence-electron chi connectivity index (χ2n) is 6.23. The van der Waals surface area contributed by atoms with Crippen molar-refractivity contribution in [2.45, 2.75) is 19.5 Å². The van der Waals surface area contributed by atoms with E-state index in [1.165, 1.54) is 30.2 Å². The summed E-state index contributed by atoms with van der Waals surface area (Å²) in [5, 5.41) is 2.85. The van der Waals surface area contributed by atoms with Gasteiger partial charge in [-0.3, -0.25) is 9.59 Å². The molecule has 0 aliphatic carbocycles. The molecule has 0 fully saturated rings. The molecule has 2 rings (SSSR count). The van der Waals surface area contributed by atoms with Crippen LogP contribution in [0, 0.1) is 5.82 Å². The van der Waals surface area contributed by atoms with Crippen molar-refractivity contribution in [2.75, 3.05) is 14.2 Å². The summed E-state index contributed by atoms with van der Waals surface area (Å²) in [5.41, 5.74) is 1.05. The lowest BCUT2D eigenvalue weighted by Crippen LogP contribution is -2.44. The van der Waals surface area contributed by atoms with E-state index in [1.54, 1.807) is 38.3 Å². The Morgan fingerprint density at radius 3 is 2.54 bits per heavy atom. The molecule has 0 aliphatic rings. The van der Waals surface area contributed by atoms with Crippen LogP contribution in [0.5, 0.6) is 5.75 Å². The molecule has 0 saturated heterocycles. The van der Waals surface area contributed by atoms with Gasteiger partial charge in [0.25, 0.3) is 0 Å². The van der Waals surface area contributed by atoms with Gasteiger partial charge in [-0.1, -0.05) is 29.8 Å². The summed E-state index contributed by atoms with van der Waals surface area (Å²) in [7, 11) is 3.11. The van der Waals surface area contributed by atoms with E-state index in [1.807, 2.05) is 12.1 Å². The highest BCUT2D eigenvalue weighted by atomic mass is 35.5. The summed E-state index contributed by atoms with van der Waals surface area (Å²) >= 11 is 6.00. The summed E-state index contributed by atoms with van der Waals surface area (Å²) in [5.74, 6) is -0.524. The molecule has 1 unspecified atom stereocenters. The number of hydrogen-bond acceptors (Lipinski definition) is 3. The van der Waals surface area contributed by atoms with Crippen molar-refractivity contribution in [3.63, 3.8) is 0 Å². The van der Waals surface area contributed by atoms with Gasteiger partial charge in [-0.15, -0.1) is 0 Å². The standard InChI is InChI=1S/C21H22ClFN2O3/c1-14(21(27)25(2)13-17-18(22)5-4-6-19(17)23)24-20(26)12-9-15-7-10-16(28-3)11-8-15/h4-12,14H,13H2,1-3H3,(H,24,26)/b12-9+. The van der Waals surface area contributed by atoms with Crippen molar-refractivity contribution in [3.05, 3.63) is 70.5 Å². The zero-order valence-electron chi connectivity index (χ0n) is 15.9. The summed E-state index contributed by atoms with van der Waals surface area (Å²) in [4.78, 5) is 25.8. The maximum absolute atomic E-state index is 13.9. The number of benzene rings is 2. The number of hydrogen-bond donors (Lipinski definition) is 1. The number of methoxy groups -OCH3 is 1. The van der Waals surface area contributed by atoms with Crippen molar-refractivity contribution in [1.29, 1.82) is 0 Å². The molecule has 2 aromatic carbocycles. The van der Waals surface area contributed by atoms with Crippen LogP contribution >= 0.6 is 11.6 Å². The molecule has 7 heteroatoms. The number of nitrogens with one attached hydrogen (secondary N) is 1. The summed E-state index contributed by atoms with van der Waals surface area (Å²) < 4.78 is 19.0. The highest BCUT2D eigenvalue weighted by Gasteiger charge is 2.20. The molecule has 2 amide bonds. The van der Waals surface area contributed by atoms with Crippen LogP contribution in [0.1, 0.15) is 18.1 Å². The average Bonchev–Trinajstić information content (AvgIpc) is 2.68. The Labute approximate surface area is 168 Å². The Morgan fingerprint density at radius 2 is 1.93 bits per heavy atom. The van der Waals surface area contributed by atoms with E-state index in [9.17, 15) is 14.0 Å². The minimum absolute atomic E-state index is 0.00619. The molecule has 0 aliphatic heterocycles. The number of amides is 2. The van der Waals surface area contributed by atoms with Crippen molar-refractivity contribution < 1.29 is 18.7 Å². The molecule has 0 aromatic heterocycles. The molecule has 0 bridgehead atoms. The van der Waals surface area contributed by atoms with Gasteiger partial charge in [0, 0.05) is 30.3 Å². The van der Waals surface area contributed by atoms with Gasteiger partial charge in [0.2, 0.25) is 11.8 Å². The first kappa shape index (κ1) is 21.4. The highest BCUT2D eigenvalue weighted by Crippen LogP contribution is 2.20. The SMILES string of the molecule is COc1ccc(/C=C/C(=O)NC(C)C(=O)N(C)Cc2c(F)cccc2Cl)cc1. The fourth-order valence-corrected chi connectivity index (χ4v) is 2.76. The Morgan fingerprint density at radius 1 is 1.25 bits per heavy atom.